The lowest BCUT2D eigenvalue weighted by atomic mass is 10.1. The van der Waals surface area contributed by atoms with Crippen LogP contribution in [0.4, 0.5) is 5.95 Å². The molecule has 128 valence electrons. The number of aromatic nitrogens is 4. The summed E-state index contributed by atoms with van der Waals surface area (Å²) >= 11 is 0. The van der Waals surface area contributed by atoms with E-state index in [2.05, 4.69) is 30.0 Å². The number of ether oxygens (including phenoxy) is 1. The van der Waals surface area contributed by atoms with E-state index >= 15 is 0 Å². The largest absolute Gasteiger partial charge is 0.424 e. The van der Waals surface area contributed by atoms with E-state index in [0.717, 1.165) is 0 Å². The molecular weight excluding hydrogens is 328 g/mol. The molecule has 3 rings (SSSR count). The monoisotopic (exact) mass is 340 g/mol. The first-order valence-electron chi connectivity index (χ1n) is 6.59. The van der Waals surface area contributed by atoms with Gasteiger partial charge in [0, 0.05) is 4.91 Å². The lowest BCUT2D eigenvalue weighted by Gasteiger charge is -2.19. The highest BCUT2D eigenvalue weighted by atomic mass is 17.1. The van der Waals surface area contributed by atoms with Crippen LogP contribution in [0.25, 0.3) is 21.6 Å². The molecule has 5 N–H and O–H groups in total. The highest BCUT2D eigenvalue weighted by Crippen LogP contribution is 2.34. The first kappa shape index (κ1) is 16.0. The van der Waals surface area contributed by atoms with Crippen molar-refractivity contribution >= 4 is 17.1 Å². The average molecular weight is 340 g/mol. The molecule has 1 fully saturated rings. The van der Waals surface area contributed by atoms with Crippen LogP contribution in [0, 0.1) is 0 Å². The van der Waals surface area contributed by atoms with Gasteiger partial charge in [-0.05, 0) is 5.53 Å². The third kappa shape index (κ3) is 2.49. The number of azide groups is 1. The Balaban J connectivity index is 2.05. The number of H-pyrrole nitrogens is 1. The van der Waals surface area contributed by atoms with E-state index in [1.54, 1.807) is 0 Å². The van der Waals surface area contributed by atoms with Crippen molar-refractivity contribution in [3.8, 4) is 0 Å². The van der Waals surface area contributed by atoms with E-state index in [-0.39, 0.29) is 17.1 Å². The fraction of sp³-hybridized carbons (Fsp3) is 0.500. The molecule has 0 radical (unpaired) electrons. The molecule has 0 saturated carbocycles. The smallest absolute Gasteiger partial charge is 0.280 e. The third-order valence-electron chi connectivity index (χ3n) is 3.52. The van der Waals surface area contributed by atoms with Gasteiger partial charge in [0.05, 0.1) is 12.9 Å². The molecule has 2 unspecified atom stereocenters. The maximum absolute atomic E-state index is 11.8. The highest BCUT2D eigenvalue weighted by Gasteiger charge is 2.49. The first-order valence-corrected chi connectivity index (χ1v) is 6.59. The molecule has 2 aromatic heterocycles. The van der Waals surface area contributed by atoms with Crippen LogP contribution in [0.1, 0.15) is 6.23 Å². The van der Waals surface area contributed by atoms with Gasteiger partial charge in [-0.15, -0.1) is 0 Å². The molecule has 0 amide bonds. The van der Waals surface area contributed by atoms with Crippen molar-refractivity contribution in [2.75, 3.05) is 12.3 Å². The Labute approximate surface area is 131 Å². The lowest BCUT2D eigenvalue weighted by Crippen LogP contribution is -2.36. The summed E-state index contributed by atoms with van der Waals surface area (Å²) in [4.78, 5) is 33.6. The van der Waals surface area contributed by atoms with Crippen molar-refractivity contribution in [2.24, 2.45) is 5.28 Å². The minimum atomic E-state index is -1.20. The van der Waals surface area contributed by atoms with Gasteiger partial charge < -0.3 is 20.4 Å². The first-order chi connectivity index (χ1) is 11.6. The topological polar surface area (TPSA) is 206 Å². The highest BCUT2D eigenvalue weighted by molar-refractivity contribution is 5.70. The van der Waals surface area contributed by atoms with Crippen LogP contribution in [0.3, 0.4) is 0 Å². The number of fused-ring (bicyclic) bond motifs is 1. The number of anilines is 1. The fourth-order valence-corrected chi connectivity index (χ4v) is 2.52. The van der Waals surface area contributed by atoms with Crippen LogP contribution in [-0.4, -0.2) is 54.8 Å². The summed E-state index contributed by atoms with van der Waals surface area (Å²) in [6, 6.07) is 0. The zero-order valence-corrected chi connectivity index (χ0v) is 11.9. The minimum Gasteiger partial charge on any atom is -0.424 e. The molecule has 2 aromatic rings. The maximum Gasteiger partial charge on any atom is 0.280 e. The predicted molar refractivity (Wildman–Crippen MR) is 75.1 cm³/mol. The van der Waals surface area contributed by atoms with E-state index in [1.165, 1.54) is 10.9 Å². The maximum atomic E-state index is 11.8. The SMILES string of the molecule is [N-]=[N+]=NOC1C(OO)[C@H](n2cnc3c(=O)[nH]c(N)nc32)O[C@@H]1CO. The van der Waals surface area contributed by atoms with Gasteiger partial charge in [-0.2, -0.15) is 4.98 Å². The van der Waals surface area contributed by atoms with Gasteiger partial charge in [0.2, 0.25) is 5.95 Å². The Morgan fingerprint density at radius 1 is 1.58 bits per heavy atom. The molecule has 0 bridgehead atoms. The molecule has 1 aliphatic rings. The molecule has 14 heteroatoms. The summed E-state index contributed by atoms with van der Waals surface area (Å²) in [5.41, 5.74) is 13.4. The molecule has 0 spiro atoms. The van der Waals surface area contributed by atoms with E-state index in [0.29, 0.717) is 0 Å². The van der Waals surface area contributed by atoms with Crippen LogP contribution in [-0.2, 0) is 14.5 Å². The Kier molecular flexibility index (Phi) is 4.20. The molecule has 24 heavy (non-hydrogen) atoms. The lowest BCUT2D eigenvalue weighted by molar-refractivity contribution is -0.308. The Morgan fingerprint density at radius 3 is 3.04 bits per heavy atom. The van der Waals surface area contributed by atoms with E-state index < -0.39 is 36.7 Å². The third-order valence-corrected chi connectivity index (χ3v) is 3.52. The van der Waals surface area contributed by atoms with Gasteiger partial charge in [0.25, 0.3) is 5.56 Å². The van der Waals surface area contributed by atoms with E-state index in [1.807, 2.05) is 0 Å². The number of nitrogens with one attached hydrogen (secondary N) is 1. The van der Waals surface area contributed by atoms with Crippen LogP contribution < -0.4 is 11.3 Å². The zero-order chi connectivity index (χ0) is 17.3. The van der Waals surface area contributed by atoms with Crippen molar-refractivity contribution in [2.45, 2.75) is 24.5 Å². The molecule has 3 heterocycles. The molecule has 14 nitrogen and oxygen atoms in total. The normalized spacial score (nSPS) is 26.4. The number of nitrogens with zero attached hydrogens (tertiary/aromatic N) is 6. The molecular formula is C10H12N8O6. The Hall–Kier alpha value is -2.90. The van der Waals surface area contributed by atoms with Crippen LogP contribution in [0.5, 0.6) is 0 Å². The second kappa shape index (κ2) is 6.31. The van der Waals surface area contributed by atoms with Crippen molar-refractivity contribution in [3.63, 3.8) is 0 Å². The molecule has 1 aliphatic heterocycles. The van der Waals surface area contributed by atoms with Crippen molar-refractivity contribution in [3.05, 3.63) is 27.1 Å². The van der Waals surface area contributed by atoms with Crippen LogP contribution in [0.2, 0.25) is 0 Å². The van der Waals surface area contributed by atoms with Crippen molar-refractivity contribution in [1.29, 1.82) is 0 Å². The number of imidazole rings is 1. The average Bonchev–Trinajstić information content (AvgIpc) is 3.13. The number of aromatic amines is 1. The summed E-state index contributed by atoms with van der Waals surface area (Å²) in [5.74, 6) is -0.144. The number of aliphatic hydroxyl groups is 1. The zero-order valence-electron chi connectivity index (χ0n) is 11.9. The summed E-state index contributed by atoms with van der Waals surface area (Å²) in [5, 5.41) is 21.5. The van der Waals surface area contributed by atoms with Gasteiger partial charge in [0.15, 0.2) is 29.6 Å². The predicted octanol–water partition coefficient (Wildman–Crippen LogP) is -0.940. The number of aliphatic hydroxyl groups excluding tert-OH is 1. The van der Waals surface area contributed by atoms with Gasteiger partial charge in [-0.1, -0.05) is 0 Å². The molecule has 0 aromatic carbocycles. The number of rotatable bonds is 5. The van der Waals surface area contributed by atoms with Gasteiger partial charge in [-0.3, -0.25) is 19.6 Å². The Morgan fingerprint density at radius 2 is 2.38 bits per heavy atom. The summed E-state index contributed by atoms with van der Waals surface area (Å²) < 4.78 is 6.82. The van der Waals surface area contributed by atoms with E-state index in [4.69, 9.17) is 20.8 Å². The van der Waals surface area contributed by atoms with E-state index in [9.17, 15) is 15.2 Å². The standard InChI is InChI=1S/C10H12N8O6/c11-10-14-7-4(8(20)15-10)13-2-18(7)9-6(24-21)5(23-17-16-12)3(1-19)22-9/h2-3,5-6,9,19,21H,1H2,(H3,11,14,15,20)/t3-,5?,6?,9-/m1/s1. The number of nitrogen functional groups attached to an aromatic ring is 1. The Bertz CT molecular complexity index is 843. The summed E-state index contributed by atoms with van der Waals surface area (Å²) in [7, 11) is 0. The van der Waals surface area contributed by atoms with Crippen molar-refractivity contribution < 1.29 is 24.8 Å². The summed E-state index contributed by atoms with van der Waals surface area (Å²) in [6.45, 7) is -0.509. The summed E-state index contributed by atoms with van der Waals surface area (Å²) in [6.07, 6.45) is -3.14. The molecule has 0 aliphatic carbocycles. The number of hydrogen-bond acceptors (Lipinski definition) is 10. The fourth-order valence-electron chi connectivity index (χ4n) is 2.52. The van der Waals surface area contributed by atoms with Gasteiger partial charge >= 0.3 is 0 Å². The second-order valence-electron chi connectivity index (χ2n) is 4.83. The molecule has 1 saturated heterocycles. The van der Waals surface area contributed by atoms with Crippen molar-refractivity contribution in [1.82, 2.24) is 19.5 Å². The number of hydrogen-bond donors (Lipinski definition) is 4. The quantitative estimate of drug-likeness (QED) is 0.174. The van der Waals surface area contributed by atoms with Gasteiger partial charge in [0.1, 0.15) is 11.4 Å². The van der Waals surface area contributed by atoms with Crippen LogP contribution in [0.15, 0.2) is 16.4 Å². The van der Waals surface area contributed by atoms with Gasteiger partial charge in [-0.25, -0.2) is 9.87 Å². The van der Waals surface area contributed by atoms with Crippen LogP contribution >= 0.6 is 0 Å². The minimum absolute atomic E-state index is 0.00977. The second-order valence-corrected chi connectivity index (χ2v) is 4.83. The number of nitrogens with two attached hydrogens (primary N) is 1. The molecule has 4 atom stereocenters.